The van der Waals surface area contributed by atoms with Gasteiger partial charge in [0.2, 0.25) is 0 Å². The summed E-state index contributed by atoms with van der Waals surface area (Å²) in [6, 6.07) is 0. The van der Waals surface area contributed by atoms with E-state index in [1.54, 1.807) is 6.92 Å². The molecule has 3 nitrogen and oxygen atoms in total. The third-order valence-electron chi connectivity index (χ3n) is 0.659. The van der Waals surface area contributed by atoms with Crippen LogP contribution >= 0.6 is 0 Å². The van der Waals surface area contributed by atoms with Gasteiger partial charge in [0.15, 0.2) is 0 Å². The predicted octanol–water partition coefficient (Wildman–Crippen LogP) is -4.49. The van der Waals surface area contributed by atoms with Crippen molar-refractivity contribution >= 4 is 5.97 Å². The van der Waals surface area contributed by atoms with Crippen LogP contribution < -0.4 is 24.0 Å². The SMILES string of the molecule is CC[C@@H](O)C(=O)[O-].[Li+]. The molecule has 0 spiro atoms. The first-order chi connectivity index (χ1) is 3.18. The smallest absolute Gasteiger partial charge is 0.547 e. The fraction of sp³-hybridized carbons (Fsp3) is 0.750. The summed E-state index contributed by atoms with van der Waals surface area (Å²) in [5.41, 5.74) is 0. The van der Waals surface area contributed by atoms with E-state index >= 15 is 0 Å². The number of hydrogen-bond donors (Lipinski definition) is 1. The van der Waals surface area contributed by atoms with Crippen LogP contribution in [0, 0.1) is 0 Å². The van der Waals surface area contributed by atoms with E-state index in [-0.39, 0.29) is 25.3 Å². The van der Waals surface area contributed by atoms with Crippen molar-refractivity contribution in [2.75, 3.05) is 0 Å². The molecule has 0 amide bonds. The van der Waals surface area contributed by atoms with Crippen LogP contribution in [0.3, 0.4) is 0 Å². The van der Waals surface area contributed by atoms with E-state index < -0.39 is 12.1 Å². The molecule has 0 heterocycles. The van der Waals surface area contributed by atoms with E-state index in [1.807, 2.05) is 0 Å². The van der Waals surface area contributed by atoms with Crippen molar-refractivity contribution in [2.45, 2.75) is 19.4 Å². The van der Waals surface area contributed by atoms with Crippen molar-refractivity contribution in [1.82, 2.24) is 0 Å². The topological polar surface area (TPSA) is 60.4 Å². The molecule has 0 aliphatic heterocycles. The quantitative estimate of drug-likeness (QED) is 0.364. The Balaban J connectivity index is 0. The van der Waals surface area contributed by atoms with Gasteiger partial charge in [0, 0.05) is 0 Å². The predicted molar refractivity (Wildman–Crippen MR) is 21.3 cm³/mol. The van der Waals surface area contributed by atoms with Crippen molar-refractivity contribution in [2.24, 2.45) is 0 Å². The molecular formula is C4H7LiO3. The fourth-order valence-corrected chi connectivity index (χ4v) is 0.167. The molecule has 4 heteroatoms. The van der Waals surface area contributed by atoms with Crippen LogP contribution in [0.15, 0.2) is 0 Å². The van der Waals surface area contributed by atoms with Crippen molar-refractivity contribution in [3.8, 4) is 0 Å². The summed E-state index contributed by atoms with van der Waals surface area (Å²) in [7, 11) is 0. The van der Waals surface area contributed by atoms with Gasteiger partial charge in [-0.3, -0.25) is 0 Å². The minimum atomic E-state index is -1.40. The van der Waals surface area contributed by atoms with Gasteiger partial charge in [-0.25, -0.2) is 0 Å². The maximum absolute atomic E-state index is 9.57. The Kier molecular flexibility index (Phi) is 7.05. The zero-order valence-corrected chi connectivity index (χ0v) is 5.05. The van der Waals surface area contributed by atoms with Gasteiger partial charge < -0.3 is 15.0 Å². The summed E-state index contributed by atoms with van der Waals surface area (Å²) in [4.78, 5) is 9.57. The van der Waals surface area contributed by atoms with Crippen LogP contribution in [0.2, 0.25) is 0 Å². The number of carbonyl (C=O) groups excluding carboxylic acids is 1. The van der Waals surface area contributed by atoms with Gasteiger partial charge in [0.05, 0.1) is 12.1 Å². The number of aliphatic hydroxyl groups excluding tert-OH is 1. The molecule has 0 aliphatic carbocycles. The number of carbonyl (C=O) groups is 1. The standard InChI is InChI=1S/C4H8O3.Li/c1-2-3(5)4(6)7;/h3,5H,2H2,1H3,(H,6,7);/q;+1/p-1/t3-;/m1./s1. The van der Waals surface area contributed by atoms with Crippen molar-refractivity contribution in [3.63, 3.8) is 0 Å². The summed E-state index contributed by atoms with van der Waals surface area (Å²) < 4.78 is 0. The Labute approximate surface area is 59.9 Å². The molecule has 0 radical (unpaired) electrons. The second kappa shape index (κ2) is 5.17. The monoisotopic (exact) mass is 110 g/mol. The number of aliphatic carboxylic acids is 1. The third kappa shape index (κ3) is 4.19. The van der Waals surface area contributed by atoms with E-state index in [9.17, 15) is 9.90 Å². The van der Waals surface area contributed by atoms with Gasteiger partial charge in [-0.15, -0.1) is 0 Å². The van der Waals surface area contributed by atoms with Gasteiger partial charge in [0.1, 0.15) is 0 Å². The first kappa shape index (κ1) is 10.9. The fourth-order valence-electron chi connectivity index (χ4n) is 0.167. The van der Waals surface area contributed by atoms with Crippen molar-refractivity contribution in [3.05, 3.63) is 0 Å². The van der Waals surface area contributed by atoms with Crippen LogP contribution in [0.5, 0.6) is 0 Å². The molecule has 1 N–H and O–H groups in total. The van der Waals surface area contributed by atoms with E-state index in [0.29, 0.717) is 0 Å². The van der Waals surface area contributed by atoms with E-state index in [4.69, 9.17) is 5.11 Å². The molecule has 0 fully saturated rings. The summed E-state index contributed by atoms with van der Waals surface area (Å²) >= 11 is 0. The maximum Gasteiger partial charge on any atom is 1.00 e. The number of carboxylic acids is 1. The van der Waals surface area contributed by atoms with Crippen LogP contribution in [0.4, 0.5) is 0 Å². The molecule has 1 atom stereocenters. The van der Waals surface area contributed by atoms with Gasteiger partial charge >= 0.3 is 18.9 Å². The van der Waals surface area contributed by atoms with Gasteiger partial charge in [-0.2, -0.15) is 0 Å². The van der Waals surface area contributed by atoms with Crippen LogP contribution in [-0.4, -0.2) is 17.2 Å². The van der Waals surface area contributed by atoms with E-state index in [2.05, 4.69) is 0 Å². The number of hydrogen-bond acceptors (Lipinski definition) is 3. The second-order valence-corrected chi connectivity index (χ2v) is 1.24. The van der Waals surface area contributed by atoms with Crippen molar-refractivity contribution in [1.29, 1.82) is 0 Å². The van der Waals surface area contributed by atoms with Gasteiger partial charge in [-0.05, 0) is 6.42 Å². The molecule has 8 heavy (non-hydrogen) atoms. The Hall–Kier alpha value is 0.0274. The summed E-state index contributed by atoms with van der Waals surface area (Å²) in [6.07, 6.45) is -1.08. The molecule has 42 valence electrons. The maximum atomic E-state index is 9.57. The molecule has 0 bridgehead atoms. The van der Waals surface area contributed by atoms with Crippen molar-refractivity contribution < 1.29 is 33.9 Å². The Morgan fingerprint density at radius 1 is 1.88 bits per heavy atom. The third-order valence-corrected chi connectivity index (χ3v) is 0.659. The normalized spacial score (nSPS) is 11.8. The summed E-state index contributed by atoms with van der Waals surface area (Å²) in [6.45, 7) is 1.57. The minimum Gasteiger partial charge on any atom is -0.547 e. The average molecular weight is 110 g/mol. The molecule has 0 saturated heterocycles. The molecule has 0 rings (SSSR count). The van der Waals surface area contributed by atoms with Gasteiger partial charge in [0.25, 0.3) is 0 Å². The largest absolute Gasteiger partial charge is 1.00 e. The summed E-state index contributed by atoms with van der Waals surface area (Å²) in [5, 5.41) is 17.8. The molecule has 0 aromatic carbocycles. The minimum absolute atomic E-state index is 0. The molecule has 0 aliphatic rings. The zero-order chi connectivity index (χ0) is 5.86. The Bertz CT molecular complexity index is 73.7. The van der Waals surface area contributed by atoms with Crippen LogP contribution in [0.25, 0.3) is 0 Å². The Morgan fingerprint density at radius 3 is 2.25 bits per heavy atom. The first-order valence-electron chi connectivity index (χ1n) is 2.07. The van der Waals surface area contributed by atoms with E-state index in [0.717, 1.165) is 0 Å². The summed E-state index contributed by atoms with van der Waals surface area (Å²) in [5.74, 6) is -1.40. The molecule has 0 aromatic rings. The number of aliphatic hydroxyl groups is 1. The van der Waals surface area contributed by atoms with Crippen LogP contribution in [0.1, 0.15) is 13.3 Å². The first-order valence-corrected chi connectivity index (χ1v) is 2.07. The number of rotatable bonds is 2. The van der Waals surface area contributed by atoms with Gasteiger partial charge in [-0.1, -0.05) is 6.92 Å². The Morgan fingerprint density at radius 2 is 2.25 bits per heavy atom. The molecular weight excluding hydrogens is 103 g/mol. The number of carboxylic acid groups (broad SMARTS) is 1. The van der Waals surface area contributed by atoms with E-state index in [1.165, 1.54) is 0 Å². The molecule has 0 unspecified atom stereocenters. The molecule has 0 saturated carbocycles. The molecule has 0 aromatic heterocycles. The second-order valence-electron chi connectivity index (χ2n) is 1.24. The average Bonchev–Trinajstić information content (AvgIpc) is 1.65. The van der Waals surface area contributed by atoms with Crippen LogP contribution in [-0.2, 0) is 4.79 Å². The zero-order valence-electron chi connectivity index (χ0n) is 5.05.